The van der Waals surface area contributed by atoms with E-state index in [4.69, 9.17) is 14.2 Å². The van der Waals surface area contributed by atoms with Crippen molar-refractivity contribution < 1.29 is 38.2 Å². The fraction of sp³-hybridized carbons (Fsp3) is 0.489. The van der Waals surface area contributed by atoms with Crippen molar-refractivity contribution in [1.29, 1.82) is 0 Å². The van der Waals surface area contributed by atoms with Gasteiger partial charge >= 0.3 is 17.9 Å². The number of rotatable bonds is 31. The molecule has 53 heavy (non-hydrogen) atoms. The molecule has 0 fully saturated rings. The van der Waals surface area contributed by atoms with Gasteiger partial charge in [0.05, 0.1) is 34.4 Å². The molecule has 0 heterocycles. The number of quaternary nitrogens is 1. The van der Waals surface area contributed by atoms with Gasteiger partial charge in [-0.2, -0.15) is 0 Å². The second-order valence-corrected chi connectivity index (χ2v) is 13.2. The van der Waals surface area contributed by atoms with E-state index in [0.717, 1.165) is 44.9 Å². The van der Waals surface area contributed by atoms with Crippen molar-refractivity contribution in [1.82, 2.24) is 0 Å². The van der Waals surface area contributed by atoms with Crippen LogP contribution >= 0.6 is 0 Å². The molecule has 8 heteroatoms. The smallest absolute Gasteiger partial charge is 0.362 e. The minimum absolute atomic E-state index is 0.00107. The van der Waals surface area contributed by atoms with Crippen LogP contribution in [0.15, 0.2) is 122 Å². The number of nitrogens with zero attached hydrogens (tertiary/aromatic N) is 1. The first-order chi connectivity index (χ1) is 25.6. The number of hydrogen-bond acceptors (Lipinski definition) is 6. The van der Waals surface area contributed by atoms with Gasteiger partial charge in [0.15, 0.2) is 12.1 Å². The summed E-state index contributed by atoms with van der Waals surface area (Å²) in [5, 5.41) is 9.58. The summed E-state index contributed by atoms with van der Waals surface area (Å²) in [6.45, 7) is 4.26. The van der Waals surface area contributed by atoms with Gasteiger partial charge in [0, 0.05) is 19.3 Å². The summed E-state index contributed by atoms with van der Waals surface area (Å²) in [7, 11) is 5.45. The standard InChI is InChI=1S/C45H67NO7/c1-6-8-10-12-14-16-18-20-21-22-24-26-28-30-32-34-36-44(48)53-41(39-51-38-37-42(45(49)50)46(3,4)5)40-52-43(47)35-33-31-29-27-25-23-19-17-15-13-11-9-7-2/h8-11,13-17,19-21,23-27,29-30,32,41-42H,6-7,12,18,22,28,31,33-40H2,1-5H3/p+1/b10-8+,11-9+,15-13+,16-14+,19-17+,21-20+,25-23+,26-24+,29-27+,32-30+. The summed E-state index contributed by atoms with van der Waals surface area (Å²) < 4.78 is 17.0. The van der Waals surface area contributed by atoms with E-state index >= 15 is 0 Å². The van der Waals surface area contributed by atoms with Crippen molar-refractivity contribution in [2.45, 2.75) is 103 Å². The lowest BCUT2D eigenvalue weighted by Crippen LogP contribution is -2.50. The molecule has 0 aromatic heterocycles. The molecule has 0 saturated heterocycles. The number of carbonyl (C=O) groups excluding carboxylic acids is 2. The first-order valence-corrected chi connectivity index (χ1v) is 19.1. The van der Waals surface area contributed by atoms with Gasteiger partial charge in [0.25, 0.3) is 0 Å². The Morgan fingerprint density at radius 3 is 1.62 bits per heavy atom. The monoisotopic (exact) mass is 734 g/mol. The molecule has 0 bridgehead atoms. The molecule has 2 unspecified atom stereocenters. The zero-order chi connectivity index (χ0) is 39.3. The molecule has 294 valence electrons. The van der Waals surface area contributed by atoms with Crippen molar-refractivity contribution >= 4 is 17.9 Å². The van der Waals surface area contributed by atoms with Gasteiger partial charge in [-0.25, -0.2) is 4.79 Å². The van der Waals surface area contributed by atoms with E-state index in [-0.39, 0.29) is 49.5 Å². The number of carboxylic acids is 1. The number of allylic oxidation sites excluding steroid dienone is 20. The van der Waals surface area contributed by atoms with Crippen LogP contribution in [0.4, 0.5) is 0 Å². The lowest BCUT2D eigenvalue weighted by Gasteiger charge is -2.31. The number of unbranched alkanes of at least 4 members (excludes halogenated alkanes) is 1. The molecule has 0 aromatic rings. The van der Waals surface area contributed by atoms with Gasteiger partial charge in [-0.15, -0.1) is 0 Å². The summed E-state index contributed by atoms with van der Waals surface area (Å²) >= 11 is 0. The number of hydrogen-bond donors (Lipinski definition) is 1. The Hall–Kier alpha value is -4.27. The Kier molecular flexibility index (Phi) is 32.0. The Morgan fingerprint density at radius 1 is 0.585 bits per heavy atom. The topological polar surface area (TPSA) is 99.1 Å². The van der Waals surface area contributed by atoms with Crippen LogP contribution < -0.4 is 0 Å². The summed E-state index contributed by atoms with van der Waals surface area (Å²) in [6.07, 6.45) is 48.4. The van der Waals surface area contributed by atoms with Crippen LogP contribution in [0.3, 0.4) is 0 Å². The van der Waals surface area contributed by atoms with Gasteiger partial charge in [0.2, 0.25) is 0 Å². The molecular weight excluding hydrogens is 666 g/mol. The zero-order valence-electron chi connectivity index (χ0n) is 33.2. The Labute approximate surface area is 320 Å². The summed E-state index contributed by atoms with van der Waals surface area (Å²) in [6, 6.07) is -0.645. The normalized spacial score (nSPS) is 14.4. The van der Waals surface area contributed by atoms with E-state index in [9.17, 15) is 19.5 Å². The molecule has 0 radical (unpaired) electrons. The van der Waals surface area contributed by atoms with E-state index < -0.39 is 24.1 Å². The number of ether oxygens (including phenoxy) is 3. The largest absolute Gasteiger partial charge is 0.477 e. The van der Waals surface area contributed by atoms with Gasteiger partial charge in [0.1, 0.15) is 6.61 Å². The maximum absolute atomic E-state index is 12.6. The maximum atomic E-state index is 12.6. The highest BCUT2D eigenvalue weighted by atomic mass is 16.6. The second kappa shape index (κ2) is 34.8. The average molecular weight is 735 g/mol. The van der Waals surface area contributed by atoms with Gasteiger partial charge < -0.3 is 23.8 Å². The minimum Gasteiger partial charge on any atom is -0.477 e. The molecule has 2 atom stereocenters. The Balaban J connectivity index is 4.70. The van der Waals surface area contributed by atoms with Gasteiger partial charge in [-0.05, 0) is 57.8 Å². The Morgan fingerprint density at radius 2 is 1.09 bits per heavy atom. The van der Waals surface area contributed by atoms with Crippen molar-refractivity contribution in [3.63, 3.8) is 0 Å². The summed E-state index contributed by atoms with van der Waals surface area (Å²) in [5.41, 5.74) is 0. The van der Waals surface area contributed by atoms with Crippen LogP contribution in [0.2, 0.25) is 0 Å². The molecule has 0 aromatic carbocycles. The fourth-order valence-electron chi connectivity index (χ4n) is 4.58. The molecule has 0 spiro atoms. The lowest BCUT2D eigenvalue weighted by atomic mass is 10.1. The number of carboxylic acid groups (broad SMARTS) is 1. The highest BCUT2D eigenvalue weighted by Crippen LogP contribution is 2.10. The first kappa shape index (κ1) is 48.7. The SMILES string of the molecule is CC/C=C/C=C/C=C/C=C/C=C/CCCC(=O)OCC(COCCC(C(=O)O)[N+](C)(C)C)OC(=O)CC/C=C/C/C=C/C/C=C/C/C=C/C/C=C/CC. The quantitative estimate of drug-likeness (QED) is 0.0249. The van der Waals surface area contributed by atoms with Crippen LogP contribution in [0.25, 0.3) is 0 Å². The van der Waals surface area contributed by atoms with Crippen LogP contribution in [0.5, 0.6) is 0 Å². The molecule has 0 saturated carbocycles. The van der Waals surface area contributed by atoms with E-state index in [1.165, 1.54) is 0 Å². The average Bonchev–Trinajstić information content (AvgIpc) is 3.11. The van der Waals surface area contributed by atoms with Crippen molar-refractivity contribution in [2.24, 2.45) is 0 Å². The third-order valence-electron chi connectivity index (χ3n) is 7.50. The Bertz CT molecular complexity index is 1270. The highest BCUT2D eigenvalue weighted by Gasteiger charge is 2.31. The number of esters is 2. The zero-order valence-corrected chi connectivity index (χ0v) is 33.2. The fourth-order valence-corrected chi connectivity index (χ4v) is 4.58. The first-order valence-electron chi connectivity index (χ1n) is 19.1. The van der Waals surface area contributed by atoms with Crippen LogP contribution in [0, 0.1) is 0 Å². The van der Waals surface area contributed by atoms with Crippen LogP contribution in [-0.2, 0) is 28.6 Å². The van der Waals surface area contributed by atoms with Crippen molar-refractivity contribution in [3.05, 3.63) is 122 Å². The number of likely N-dealkylation sites (N-methyl/N-ethyl adjacent to an activating group) is 1. The van der Waals surface area contributed by atoms with E-state index in [2.05, 4.69) is 68.5 Å². The lowest BCUT2D eigenvalue weighted by molar-refractivity contribution is -0.887. The van der Waals surface area contributed by atoms with E-state index in [0.29, 0.717) is 12.8 Å². The summed E-state index contributed by atoms with van der Waals surface area (Å²) in [5.74, 6) is -1.70. The highest BCUT2D eigenvalue weighted by molar-refractivity contribution is 5.72. The molecule has 0 aliphatic carbocycles. The number of aliphatic carboxylic acids is 1. The molecule has 0 aliphatic rings. The second-order valence-electron chi connectivity index (χ2n) is 13.2. The number of carbonyl (C=O) groups is 3. The molecule has 0 rings (SSSR count). The minimum atomic E-state index is -0.904. The third kappa shape index (κ3) is 33.3. The summed E-state index contributed by atoms with van der Waals surface area (Å²) in [4.78, 5) is 36.7. The molecule has 0 amide bonds. The third-order valence-corrected chi connectivity index (χ3v) is 7.50. The van der Waals surface area contributed by atoms with Gasteiger partial charge in [-0.1, -0.05) is 135 Å². The molecule has 8 nitrogen and oxygen atoms in total. The van der Waals surface area contributed by atoms with Crippen molar-refractivity contribution in [3.8, 4) is 0 Å². The van der Waals surface area contributed by atoms with Crippen LogP contribution in [0.1, 0.15) is 90.9 Å². The predicted molar refractivity (Wildman–Crippen MR) is 219 cm³/mol. The molecular formula is C45H68NO7+. The predicted octanol–water partition coefficient (Wildman–Crippen LogP) is 9.90. The van der Waals surface area contributed by atoms with Crippen LogP contribution in [-0.4, -0.2) is 80.6 Å². The van der Waals surface area contributed by atoms with E-state index in [1.54, 1.807) is 0 Å². The molecule has 0 aliphatic heterocycles. The van der Waals surface area contributed by atoms with Crippen molar-refractivity contribution in [2.75, 3.05) is 41.0 Å². The van der Waals surface area contributed by atoms with E-state index in [1.807, 2.05) is 88.0 Å². The maximum Gasteiger partial charge on any atom is 0.362 e. The molecule has 1 N–H and O–H groups in total. The van der Waals surface area contributed by atoms with Gasteiger partial charge in [-0.3, -0.25) is 9.59 Å².